The summed E-state index contributed by atoms with van der Waals surface area (Å²) < 4.78 is 21.0. The maximum atomic E-state index is 13.9. The van der Waals surface area contributed by atoms with E-state index in [-0.39, 0.29) is 37.4 Å². The maximum absolute atomic E-state index is 13.9. The van der Waals surface area contributed by atoms with Crippen molar-refractivity contribution in [3.8, 4) is 11.4 Å². The lowest BCUT2D eigenvalue weighted by Gasteiger charge is -2.38. The molecule has 180 valence electrons. The first kappa shape index (κ1) is 21.7. The third-order valence-electron chi connectivity index (χ3n) is 7.14. The van der Waals surface area contributed by atoms with Crippen molar-refractivity contribution in [3.05, 3.63) is 65.7 Å². The van der Waals surface area contributed by atoms with E-state index >= 15 is 0 Å². The lowest BCUT2D eigenvalue weighted by Crippen LogP contribution is -2.55. The Hall–Kier alpha value is -3.86. The molecule has 4 atom stereocenters. The third kappa shape index (κ3) is 3.63. The number of likely N-dealkylation sites (tertiary alicyclic amines) is 1. The largest absolute Gasteiger partial charge is 0.493 e. The summed E-state index contributed by atoms with van der Waals surface area (Å²) in [5, 5.41) is 25.4. The van der Waals surface area contributed by atoms with Crippen molar-refractivity contribution < 1.29 is 23.8 Å². The van der Waals surface area contributed by atoms with Gasteiger partial charge < -0.3 is 20.1 Å². The molecule has 3 heterocycles. The van der Waals surface area contributed by atoms with Crippen LogP contribution in [-0.4, -0.2) is 60.7 Å². The molecule has 1 aromatic heterocycles. The number of hydrogen-bond donors (Lipinski definition) is 2. The van der Waals surface area contributed by atoms with Gasteiger partial charge in [-0.05, 0) is 59.0 Å². The molecule has 10 nitrogen and oxygen atoms in total. The number of benzene rings is 2. The summed E-state index contributed by atoms with van der Waals surface area (Å²) in [7, 11) is 0. The number of ether oxygens (including phenoxy) is 1. The van der Waals surface area contributed by atoms with E-state index in [0.29, 0.717) is 29.0 Å². The molecule has 1 saturated heterocycles. The highest BCUT2D eigenvalue weighted by Crippen LogP contribution is 2.50. The Kier molecular flexibility index (Phi) is 5.03. The standard InChI is InChI=1S/C24H23FN6O4/c25-16-5-6-18(30-13-27-28-29-30)15(9-16)12-26-22(32)20-11-14-10-19(14)31(20)23(33)24(34)7-8-35-21-4-2-1-3-17(21)24/h1-6,9,13-14,19-20,34H,7-8,10-12H2,(H,26,32)/t14-,19-,20-,24?/m0/s1. The Morgan fingerprint density at radius 2 is 2.09 bits per heavy atom. The van der Waals surface area contributed by atoms with Crippen LogP contribution >= 0.6 is 0 Å². The van der Waals surface area contributed by atoms with Gasteiger partial charge in [0.1, 0.15) is 23.9 Å². The molecular weight excluding hydrogens is 455 g/mol. The van der Waals surface area contributed by atoms with Crippen LogP contribution in [0.2, 0.25) is 0 Å². The number of tetrazole rings is 1. The molecule has 3 aliphatic rings. The highest BCUT2D eigenvalue weighted by atomic mass is 19.1. The molecule has 6 rings (SSSR count). The molecule has 0 bridgehead atoms. The number of halogens is 1. The van der Waals surface area contributed by atoms with E-state index in [4.69, 9.17) is 4.74 Å². The average Bonchev–Trinajstić information content (AvgIpc) is 3.25. The highest BCUT2D eigenvalue weighted by Gasteiger charge is 2.60. The molecule has 35 heavy (non-hydrogen) atoms. The minimum absolute atomic E-state index is 0.0284. The summed E-state index contributed by atoms with van der Waals surface area (Å²) >= 11 is 0. The summed E-state index contributed by atoms with van der Waals surface area (Å²) in [6, 6.07) is 10.3. The topological polar surface area (TPSA) is 122 Å². The zero-order valence-corrected chi connectivity index (χ0v) is 18.7. The van der Waals surface area contributed by atoms with E-state index in [1.165, 1.54) is 29.2 Å². The molecule has 2 aliphatic heterocycles. The van der Waals surface area contributed by atoms with Gasteiger partial charge in [0.25, 0.3) is 5.91 Å². The molecule has 1 aliphatic carbocycles. The van der Waals surface area contributed by atoms with E-state index in [9.17, 15) is 19.1 Å². The highest BCUT2D eigenvalue weighted by molar-refractivity contribution is 5.94. The summed E-state index contributed by atoms with van der Waals surface area (Å²) in [5.41, 5.74) is -0.304. The normalized spacial score (nSPS) is 26.5. The second-order valence-corrected chi connectivity index (χ2v) is 9.23. The van der Waals surface area contributed by atoms with Crippen molar-refractivity contribution in [1.29, 1.82) is 0 Å². The number of aliphatic hydroxyl groups is 1. The van der Waals surface area contributed by atoms with Gasteiger partial charge in [0.2, 0.25) is 5.91 Å². The fourth-order valence-corrected chi connectivity index (χ4v) is 5.29. The number of nitrogens with one attached hydrogen (secondary N) is 1. The molecule has 2 N–H and O–H groups in total. The Labute approximate surface area is 199 Å². The van der Waals surface area contributed by atoms with Gasteiger partial charge in [0, 0.05) is 24.6 Å². The number of carbonyl (C=O) groups is 2. The zero-order valence-electron chi connectivity index (χ0n) is 18.7. The Bertz CT molecular complexity index is 1300. The predicted octanol–water partition coefficient (Wildman–Crippen LogP) is 1.08. The van der Waals surface area contributed by atoms with E-state index < -0.39 is 23.4 Å². The number of carbonyl (C=O) groups excluding carboxylic acids is 2. The van der Waals surface area contributed by atoms with Crippen LogP contribution in [0.1, 0.15) is 30.4 Å². The van der Waals surface area contributed by atoms with Crippen LogP contribution in [-0.2, 0) is 21.7 Å². The molecule has 2 aromatic carbocycles. The molecule has 1 unspecified atom stereocenters. The average molecular weight is 478 g/mol. The molecule has 3 aromatic rings. The molecular formula is C24H23FN6O4. The second-order valence-electron chi connectivity index (χ2n) is 9.23. The van der Waals surface area contributed by atoms with Crippen molar-refractivity contribution >= 4 is 11.8 Å². The van der Waals surface area contributed by atoms with Crippen LogP contribution in [0.25, 0.3) is 5.69 Å². The summed E-state index contributed by atoms with van der Waals surface area (Å²) in [4.78, 5) is 28.5. The number of amides is 2. The minimum Gasteiger partial charge on any atom is -0.493 e. The van der Waals surface area contributed by atoms with Crippen LogP contribution in [0, 0.1) is 11.7 Å². The molecule has 2 fully saturated rings. The number of aromatic nitrogens is 4. The minimum atomic E-state index is -1.75. The van der Waals surface area contributed by atoms with Gasteiger partial charge in [0.05, 0.1) is 12.3 Å². The van der Waals surface area contributed by atoms with Gasteiger partial charge in [-0.1, -0.05) is 18.2 Å². The smallest absolute Gasteiger partial charge is 0.260 e. The lowest BCUT2D eigenvalue weighted by atomic mass is 9.86. The van der Waals surface area contributed by atoms with Crippen molar-refractivity contribution in [2.45, 2.75) is 43.5 Å². The number of nitrogens with zero attached hydrogens (tertiary/aromatic N) is 5. The number of piperidine rings is 1. The van der Waals surface area contributed by atoms with Gasteiger partial charge in [-0.3, -0.25) is 9.59 Å². The van der Waals surface area contributed by atoms with E-state index in [0.717, 1.165) is 6.42 Å². The monoisotopic (exact) mass is 478 g/mol. The Morgan fingerprint density at radius 1 is 1.23 bits per heavy atom. The van der Waals surface area contributed by atoms with Gasteiger partial charge in [-0.2, -0.15) is 0 Å². The van der Waals surface area contributed by atoms with Crippen molar-refractivity contribution in [2.75, 3.05) is 6.61 Å². The zero-order chi connectivity index (χ0) is 24.2. The maximum Gasteiger partial charge on any atom is 0.260 e. The summed E-state index contributed by atoms with van der Waals surface area (Å²) in [5.74, 6) is -0.562. The number of fused-ring (bicyclic) bond motifs is 2. The fourth-order valence-electron chi connectivity index (χ4n) is 5.29. The molecule has 0 radical (unpaired) electrons. The van der Waals surface area contributed by atoms with E-state index in [2.05, 4.69) is 20.8 Å². The van der Waals surface area contributed by atoms with Crippen LogP contribution in [0.5, 0.6) is 5.75 Å². The van der Waals surface area contributed by atoms with Crippen LogP contribution in [0.4, 0.5) is 4.39 Å². The van der Waals surface area contributed by atoms with Gasteiger partial charge >= 0.3 is 0 Å². The van der Waals surface area contributed by atoms with Crippen LogP contribution < -0.4 is 10.1 Å². The fraction of sp³-hybridized carbons (Fsp3) is 0.375. The first-order valence-electron chi connectivity index (χ1n) is 11.5. The van der Waals surface area contributed by atoms with E-state index in [1.54, 1.807) is 29.2 Å². The van der Waals surface area contributed by atoms with Crippen molar-refractivity contribution in [1.82, 2.24) is 30.4 Å². The van der Waals surface area contributed by atoms with Gasteiger partial charge in [0.15, 0.2) is 5.60 Å². The molecule has 11 heteroatoms. The second kappa shape index (κ2) is 8.12. The molecule has 2 amide bonds. The quantitative estimate of drug-likeness (QED) is 0.563. The number of hydrogen-bond acceptors (Lipinski definition) is 7. The SMILES string of the molecule is O=C(NCc1cc(F)ccc1-n1cnnn1)[C@@H]1C[C@@H]2C[C@@H]2N1C(=O)C1(O)CCOc2ccccc21. The van der Waals surface area contributed by atoms with E-state index in [1.807, 2.05) is 0 Å². The predicted molar refractivity (Wildman–Crippen MR) is 119 cm³/mol. The first-order chi connectivity index (χ1) is 17.0. The molecule has 1 saturated carbocycles. The Balaban J connectivity index is 1.23. The van der Waals surface area contributed by atoms with Crippen LogP contribution in [0.3, 0.4) is 0 Å². The number of para-hydroxylation sites is 1. The van der Waals surface area contributed by atoms with Crippen LogP contribution in [0.15, 0.2) is 48.8 Å². The van der Waals surface area contributed by atoms with Crippen molar-refractivity contribution in [2.24, 2.45) is 5.92 Å². The van der Waals surface area contributed by atoms with Gasteiger partial charge in [-0.25, -0.2) is 9.07 Å². The van der Waals surface area contributed by atoms with Crippen molar-refractivity contribution in [3.63, 3.8) is 0 Å². The van der Waals surface area contributed by atoms with Gasteiger partial charge in [-0.15, -0.1) is 5.10 Å². The lowest BCUT2D eigenvalue weighted by molar-refractivity contribution is -0.160. The molecule has 0 spiro atoms. The number of rotatable bonds is 5. The third-order valence-corrected chi connectivity index (χ3v) is 7.14. The Morgan fingerprint density at radius 3 is 2.91 bits per heavy atom. The summed E-state index contributed by atoms with van der Waals surface area (Å²) in [6.45, 7) is 0.234. The summed E-state index contributed by atoms with van der Waals surface area (Å²) in [6.07, 6.45) is 2.84. The first-order valence-corrected chi connectivity index (χ1v) is 11.5.